The van der Waals surface area contributed by atoms with Gasteiger partial charge in [-0.2, -0.15) is 0 Å². The lowest BCUT2D eigenvalue weighted by Crippen LogP contribution is -2.51. The minimum atomic E-state index is -0.352. The summed E-state index contributed by atoms with van der Waals surface area (Å²) in [6, 6.07) is 0. The molecule has 2 rings (SSSR count). The fraction of sp³-hybridized carbons (Fsp3) is 0.583. The number of hydrogen-bond acceptors (Lipinski definition) is 4. The van der Waals surface area contributed by atoms with E-state index >= 15 is 0 Å². The van der Waals surface area contributed by atoms with Gasteiger partial charge in [0.2, 0.25) is 0 Å². The van der Waals surface area contributed by atoms with E-state index in [0.717, 1.165) is 17.1 Å². The van der Waals surface area contributed by atoms with Gasteiger partial charge in [0.15, 0.2) is 4.96 Å². The molecule has 1 unspecified atom stereocenters. The molecule has 0 aliphatic carbocycles. The SMILES string of the molecule is Cc1nc2scc(C)n2c1CC(C)(N)N(C)C. The number of imidazole rings is 1. The van der Waals surface area contributed by atoms with Gasteiger partial charge in [-0.25, -0.2) is 4.98 Å². The Bertz CT molecular complexity index is 536. The van der Waals surface area contributed by atoms with Crippen LogP contribution in [0.3, 0.4) is 0 Å². The van der Waals surface area contributed by atoms with Crippen LogP contribution in [-0.2, 0) is 6.42 Å². The molecule has 4 nitrogen and oxygen atoms in total. The molecule has 2 aromatic rings. The molecular weight excluding hydrogens is 232 g/mol. The van der Waals surface area contributed by atoms with E-state index in [2.05, 4.69) is 28.6 Å². The second kappa shape index (κ2) is 4.08. The molecule has 0 saturated heterocycles. The molecule has 1 atom stereocenters. The van der Waals surface area contributed by atoms with Gasteiger partial charge in [-0.3, -0.25) is 9.30 Å². The van der Waals surface area contributed by atoms with Crippen LogP contribution in [0.1, 0.15) is 24.0 Å². The van der Waals surface area contributed by atoms with Crippen molar-refractivity contribution in [3.8, 4) is 0 Å². The van der Waals surface area contributed by atoms with Crippen molar-refractivity contribution in [1.82, 2.24) is 14.3 Å². The molecule has 2 N–H and O–H groups in total. The monoisotopic (exact) mass is 252 g/mol. The summed E-state index contributed by atoms with van der Waals surface area (Å²) >= 11 is 1.68. The van der Waals surface area contributed by atoms with Gasteiger partial charge in [0, 0.05) is 23.2 Å². The normalized spacial score (nSPS) is 15.7. The average molecular weight is 252 g/mol. The van der Waals surface area contributed by atoms with E-state index in [9.17, 15) is 0 Å². The van der Waals surface area contributed by atoms with E-state index in [0.29, 0.717) is 0 Å². The molecule has 0 spiro atoms. The van der Waals surface area contributed by atoms with E-state index in [1.54, 1.807) is 11.3 Å². The fourth-order valence-corrected chi connectivity index (χ4v) is 2.80. The van der Waals surface area contributed by atoms with Crippen LogP contribution in [0.4, 0.5) is 0 Å². The van der Waals surface area contributed by atoms with Gasteiger partial charge in [0.25, 0.3) is 0 Å². The molecule has 0 saturated carbocycles. The van der Waals surface area contributed by atoms with E-state index in [1.165, 1.54) is 11.4 Å². The number of likely N-dealkylation sites (N-methyl/N-ethyl adjacent to an activating group) is 1. The Labute approximate surface area is 106 Å². The minimum absolute atomic E-state index is 0.352. The highest BCUT2D eigenvalue weighted by Gasteiger charge is 2.25. The largest absolute Gasteiger partial charge is 0.313 e. The van der Waals surface area contributed by atoms with Gasteiger partial charge < -0.3 is 5.73 Å². The first-order valence-electron chi connectivity index (χ1n) is 5.71. The zero-order valence-electron chi connectivity index (χ0n) is 11.1. The molecule has 0 amide bonds. The molecule has 0 aromatic carbocycles. The molecule has 0 fully saturated rings. The summed E-state index contributed by atoms with van der Waals surface area (Å²) in [5.41, 5.74) is 9.50. The summed E-state index contributed by atoms with van der Waals surface area (Å²) < 4.78 is 2.22. The molecule has 2 heterocycles. The average Bonchev–Trinajstić information content (AvgIpc) is 2.69. The highest BCUT2D eigenvalue weighted by atomic mass is 32.1. The minimum Gasteiger partial charge on any atom is -0.313 e. The van der Waals surface area contributed by atoms with E-state index < -0.39 is 0 Å². The lowest BCUT2D eigenvalue weighted by atomic mass is 10.0. The second-order valence-electron chi connectivity index (χ2n) is 5.07. The summed E-state index contributed by atoms with van der Waals surface area (Å²) in [5, 5.41) is 2.13. The zero-order chi connectivity index (χ0) is 12.8. The summed E-state index contributed by atoms with van der Waals surface area (Å²) in [6.07, 6.45) is 0.796. The smallest absolute Gasteiger partial charge is 0.194 e. The predicted molar refractivity (Wildman–Crippen MR) is 72.5 cm³/mol. The molecule has 0 aliphatic heterocycles. The van der Waals surface area contributed by atoms with Crippen molar-refractivity contribution >= 4 is 16.3 Å². The molecule has 5 heteroatoms. The van der Waals surface area contributed by atoms with Gasteiger partial charge >= 0.3 is 0 Å². The summed E-state index contributed by atoms with van der Waals surface area (Å²) in [4.78, 5) is 7.69. The molecule has 17 heavy (non-hydrogen) atoms. The maximum atomic E-state index is 6.32. The van der Waals surface area contributed by atoms with Crippen molar-refractivity contribution in [2.75, 3.05) is 14.1 Å². The van der Waals surface area contributed by atoms with E-state index in [1.807, 2.05) is 25.9 Å². The van der Waals surface area contributed by atoms with Crippen molar-refractivity contribution in [3.05, 3.63) is 22.5 Å². The van der Waals surface area contributed by atoms with Crippen LogP contribution < -0.4 is 5.73 Å². The fourth-order valence-electron chi connectivity index (χ4n) is 1.87. The number of nitrogens with two attached hydrogens (primary N) is 1. The summed E-state index contributed by atoms with van der Waals surface area (Å²) in [7, 11) is 4.02. The van der Waals surface area contributed by atoms with Crippen LogP contribution in [0.2, 0.25) is 0 Å². The number of aromatic nitrogens is 2. The molecule has 2 aromatic heterocycles. The van der Waals surface area contributed by atoms with Gasteiger partial charge in [-0.1, -0.05) is 0 Å². The summed E-state index contributed by atoms with van der Waals surface area (Å²) in [5.74, 6) is 0. The van der Waals surface area contributed by atoms with Crippen molar-refractivity contribution in [2.24, 2.45) is 5.73 Å². The Morgan fingerprint density at radius 3 is 2.71 bits per heavy atom. The van der Waals surface area contributed by atoms with Crippen LogP contribution in [0.5, 0.6) is 0 Å². The van der Waals surface area contributed by atoms with Crippen molar-refractivity contribution in [3.63, 3.8) is 0 Å². The van der Waals surface area contributed by atoms with Gasteiger partial charge in [0.05, 0.1) is 11.4 Å². The Hall–Kier alpha value is -0.910. The molecular formula is C12H20N4S. The van der Waals surface area contributed by atoms with Gasteiger partial charge in [-0.15, -0.1) is 11.3 Å². The Morgan fingerprint density at radius 2 is 2.12 bits per heavy atom. The first-order chi connectivity index (χ1) is 7.83. The number of fused-ring (bicyclic) bond motifs is 1. The number of nitrogens with zero attached hydrogens (tertiary/aromatic N) is 3. The summed E-state index contributed by atoms with van der Waals surface area (Å²) in [6.45, 7) is 6.21. The Balaban J connectivity index is 2.48. The van der Waals surface area contributed by atoms with Crippen LogP contribution in [0, 0.1) is 13.8 Å². The number of aryl methyl sites for hydroxylation is 2. The third-order valence-corrected chi connectivity index (χ3v) is 4.32. The maximum absolute atomic E-state index is 6.32. The number of hydrogen-bond donors (Lipinski definition) is 1. The number of thiazole rings is 1. The molecule has 94 valence electrons. The van der Waals surface area contributed by atoms with Crippen molar-refractivity contribution in [1.29, 1.82) is 0 Å². The van der Waals surface area contributed by atoms with Crippen LogP contribution in [0.25, 0.3) is 4.96 Å². The predicted octanol–water partition coefficient (Wildman–Crippen LogP) is 1.79. The molecule has 0 bridgehead atoms. The Kier molecular flexibility index (Phi) is 3.01. The highest BCUT2D eigenvalue weighted by molar-refractivity contribution is 7.15. The lowest BCUT2D eigenvalue weighted by molar-refractivity contribution is 0.178. The third-order valence-electron chi connectivity index (χ3n) is 3.38. The van der Waals surface area contributed by atoms with Crippen molar-refractivity contribution in [2.45, 2.75) is 32.9 Å². The second-order valence-corrected chi connectivity index (χ2v) is 5.90. The first-order valence-corrected chi connectivity index (χ1v) is 6.59. The van der Waals surface area contributed by atoms with E-state index in [4.69, 9.17) is 5.73 Å². The van der Waals surface area contributed by atoms with Gasteiger partial charge in [0.1, 0.15) is 0 Å². The first kappa shape index (κ1) is 12.5. The Morgan fingerprint density at radius 1 is 1.47 bits per heavy atom. The maximum Gasteiger partial charge on any atom is 0.194 e. The lowest BCUT2D eigenvalue weighted by Gasteiger charge is -2.32. The third kappa shape index (κ3) is 2.10. The van der Waals surface area contributed by atoms with Crippen LogP contribution in [-0.4, -0.2) is 34.0 Å². The number of rotatable bonds is 3. The van der Waals surface area contributed by atoms with Gasteiger partial charge in [-0.05, 0) is 34.9 Å². The van der Waals surface area contributed by atoms with E-state index in [-0.39, 0.29) is 5.66 Å². The topological polar surface area (TPSA) is 46.6 Å². The highest BCUT2D eigenvalue weighted by Crippen LogP contribution is 2.23. The molecule has 0 radical (unpaired) electrons. The quantitative estimate of drug-likeness (QED) is 0.847. The van der Waals surface area contributed by atoms with Crippen LogP contribution in [0.15, 0.2) is 5.38 Å². The molecule has 0 aliphatic rings. The van der Waals surface area contributed by atoms with Crippen molar-refractivity contribution < 1.29 is 0 Å². The van der Waals surface area contributed by atoms with Crippen LogP contribution >= 0.6 is 11.3 Å². The zero-order valence-corrected chi connectivity index (χ0v) is 11.9. The standard InChI is InChI=1S/C12H20N4S/c1-8-7-17-11-14-9(2)10(16(8)11)6-12(3,13)15(4)5/h7H,6,13H2,1-5H3.